The topological polar surface area (TPSA) is 69.8 Å². The molecule has 2 aromatic heterocycles. The number of benzene rings is 1. The number of nitrogens with one attached hydrogen (secondary N) is 2. The molecular weight excluding hydrogens is 411 g/mol. The lowest BCUT2D eigenvalue weighted by molar-refractivity contribution is -0.115. The van der Waals surface area contributed by atoms with Crippen molar-refractivity contribution in [1.82, 2.24) is 9.88 Å². The number of hydrogen-bond donors (Lipinski definition) is 2. The minimum absolute atomic E-state index is 0.0793. The molecule has 0 radical (unpaired) electrons. The van der Waals surface area contributed by atoms with E-state index in [-0.39, 0.29) is 24.3 Å². The normalized spacial score (nSPS) is 12.0. The third-order valence-electron chi connectivity index (χ3n) is 5.45. The highest BCUT2D eigenvalue weighted by Gasteiger charge is 2.21. The predicted octanol–water partition coefficient (Wildman–Crippen LogP) is 5.15. The number of thiophene rings is 1. The number of rotatable bonds is 8. The van der Waals surface area contributed by atoms with Crippen LogP contribution in [0.25, 0.3) is 0 Å². The largest absolute Gasteiger partial charge is 0.326 e. The molecule has 1 unspecified atom stereocenters. The van der Waals surface area contributed by atoms with Gasteiger partial charge in [0, 0.05) is 23.2 Å². The second-order valence-electron chi connectivity index (χ2n) is 7.92. The van der Waals surface area contributed by atoms with Gasteiger partial charge in [-0.05, 0) is 54.5 Å². The van der Waals surface area contributed by atoms with Crippen LogP contribution in [0.15, 0.2) is 41.8 Å². The van der Waals surface area contributed by atoms with E-state index in [0.29, 0.717) is 23.8 Å². The maximum absolute atomic E-state index is 13.3. The van der Waals surface area contributed by atoms with E-state index < -0.39 is 0 Å². The molecule has 1 amide bonds. The van der Waals surface area contributed by atoms with Crippen LogP contribution >= 0.6 is 11.3 Å². The molecule has 1 aromatic carbocycles. The molecule has 1 atom stereocenters. The highest BCUT2D eigenvalue weighted by atomic mass is 32.1. The van der Waals surface area contributed by atoms with Crippen LogP contribution < -0.4 is 10.6 Å². The molecular formula is C24H27FN4OS. The summed E-state index contributed by atoms with van der Waals surface area (Å²) in [5.41, 5.74) is 3.05. The first-order valence-corrected chi connectivity index (χ1v) is 11.1. The average molecular weight is 439 g/mol. The Labute approximate surface area is 186 Å². The molecule has 3 rings (SSSR count). The van der Waals surface area contributed by atoms with Crippen LogP contribution in [0.5, 0.6) is 0 Å². The summed E-state index contributed by atoms with van der Waals surface area (Å²) in [5.74, 6) is 0.294. The van der Waals surface area contributed by atoms with E-state index in [4.69, 9.17) is 0 Å². The van der Waals surface area contributed by atoms with Gasteiger partial charge in [-0.15, -0.1) is 11.3 Å². The van der Waals surface area contributed by atoms with Crippen molar-refractivity contribution in [3.63, 3.8) is 0 Å². The second kappa shape index (κ2) is 9.90. The molecule has 31 heavy (non-hydrogen) atoms. The highest BCUT2D eigenvalue weighted by Crippen LogP contribution is 2.28. The third kappa shape index (κ3) is 5.22. The van der Waals surface area contributed by atoms with Crippen LogP contribution in [0.4, 0.5) is 10.2 Å². The molecule has 0 saturated carbocycles. The third-order valence-corrected chi connectivity index (χ3v) is 6.41. The van der Waals surface area contributed by atoms with Gasteiger partial charge in [0.25, 0.3) is 0 Å². The molecule has 0 bridgehead atoms. The molecule has 0 saturated heterocycles. The Morgan fingerprint density at radius 2 is 1.94 bits per heavy atom. The summed E-state index contributed by atoms with van der Waals surface area (Å²) in [4.78, 5) is 14.0. The minimum atomic E-state index is -0.299. The zero-order valence-electron chi connectivity index (χ0n) is 18.2. The standard InChI is InChI=1S/C24H27FN4OS/c1-15(2)23(21-6-5-11-31-21)27-13-22(30)28-24-20(12-26)16(3)17(4)29(24)14-18-7-9-19(25)10-8-18/h5-11,15,23,27H,13-14H2,1-4H3,(H,28,30). The Bertz CT molecular complexity index is 1080. The Morgan fingerprint density at radius 1 is 1.23 bits per heavy atom. The summed E-state index contributed by atoms with van der Waals surface area (Å²) in [6, 6.07) is 12.6. The van der Waals surface area contributed by atoms with E-state index >= 15 is 0 Å². The van der Waals surface area contributed by atoms with Crippen LogP contribution in [-0.4, -0.2) is 17.0 Å². The zero-order valence-corrected chi connectivity index (χ0v) is 19.0. The van der Waals surface area contributed by atoms with E-state index in [1.165, 1.54) is 17.0 Å². The van der Waals surface area contributed by atoms with Crippen LogP contribution in [-0.2, 0) is 11.3 Å². The first-order valence-electron chi connectivity index (χ1n) is 10.2. The van der Waals surface area contributed by atoms with Gasteiger partial charge < -0.3 is 15.2 Å². The average Bonchev–Trinajstić information content (AvgIpc) is 3.33. The molecule has 0 aliphatic heterocycles. The van der Waals surface area contributed by atoms with Gasteiger partial charge in [-0.3, -0.25) is 4.79 Å². The Kier molecular flexibility index (Phi) is 7.26. The number of anilines is 1. The number of nitrogens with zero attached hydrogens (tertiary/aromatic N) is 2. The van der Waals surface area contributed by atoms with Gasteiger partial charge in [0.05, 0.1) is 12.1 Å². The summed E-state index contributed by atoms with van der Waals surface area (Å²) in [5, 5.41) is 18.0. The van der Waals surface area contributed by atoms with E-state index in [2.05, 4.69) is 36.6 Å². The lowest BCUT2D eigenvalue weighted by Gasteiger charge is -2.21. The number of aromatic nitrogens is 1. The predicted molar refractivity (Wildman–Crippen MR) is 123 cm³/mol. The number of nitriles is 1. The maximum Gasteiger partial charge on any atom is 0.239 e. The Balaban J connectivity index is 1.79. The lowest BCUT2D eigenvalue weighted by atomic mass is 10.0. The number of halogens is 1. The van der Waals surface area contributed by atoms with Crippen molar-refractivity contribution in [1.29, 1.82) is 5.26 Å². The smallest absolute Gasteiger partial charge is 0.239 e. The van der Waals surface area contributed by atoms with Crippen LogP contribution in [0.1, 0.15) is 47.2 Å². The van der Waals surface area contributed by atoms with Gasteiger partial charge in [0.2, 0.25) is 5.91 Å². The van der Waals surface area contributed by atoms with E-state index in [1.54, 1.807) is 23.5 Å². The van der Waals surface area contributed by atoms with E-state index in [1.807, 2.05) is 29.9 Å². The summed E-state index contributed by atoms with van der Waals surface area (Å²) in [6.07, 6.45) is 0. The van der Waals surface area contributed by atoms with E-state index in [0.717, 1.165) is 16.8 Å². The summed E-state index contributed by atoms with van der Waals surface area (Å²) >= 11 is 1.66. The van der Waals surface area contributed by atoms with E-state index in [9.17, 15) is 14.4 Å². The van der Waals surface area contributed by atoms with Crippen LogP contribution in [0, 0.1) is 36.9 Å². The lowest BCUT2D eigenvalue weighted by Crippen LogP contribution is -2.33. The number of carbonyl (C=O) groups excluding carboxylic acids is 1. The molecule has 0 fully saturated rings. The van der Waals surface area contributed by atoms with Gasteiger partial charge in [-0.1, -0.05) is 32.0 Å². The molecule has 3 aromatic rings. The Hall–Kier alpha value is -2.95. The number of carbonyl (C=O) groups is 1. The van der Waals surface area contributed by atoms with Crippen molar-refractivity contribution < 1.29 is 9.18 Å². The monoisotopic (exact) mass is 438 g/mol. The molecule has 2 heterocycles. The van der Waals surface area contributed by atoms with Crippen molar-refractivity contribution >= 4 is 23.1 Å². The molecule has 2 N–H and O–H groups in total. The summed E-state index contributed by atoms with van der Waals surface area (Å²) in [7, 11) is 0. The van der Waals surface area contributed by atoms with Crippen LogP contribution in [0.2, 0.25) is 0 Å². The highest BCUT2D eigenvalue weighted by molar-refractivity contribution is 7.10. The van der Waals surface area contributed by atoms with Gasteiger partial charge in [0.1, 0.15) is 17.7 Å². The fourth-order valence-corrected chi connectivity index (χ4v) is 4.59. The van der Waals surface area contributed by atoms with Crippen LogP contribution in [0.3, 0.4) is 0 Å². The van der Waals surface area contributed by atoms with Crippen molar-refractivity contribution in [2.24, 2.45) is 5.92 Å². The SMILES string of the molecule is Cc1c(C#N)c(NC(=O)CNC(c2cccs2)C(C)C)n(Cc2ccc(F)cc2)c1C. The second-order valence-corrected chi connectivity index (χ2v) is 8.90. The van der Waals surface area contributed by atoms with Crippen molar-refractivity contribution in [3.8, 4) is 6.07 Å². The van der Waals surface area contributed by atoms with Gasteiger partial charge in [-0.2, -0.15) is 5.26 Å². The van der Waals surface area contributed by atoms with Gasteiger partial charge in [0.15, 0.2) is 0 Å². The first kappa shape index (κ1) is 22.7. The molecule has 0 aliphatic rings. The molecule has 0 spiro atoms. The van der Waals surface area contributed by atoms with Crippen molar-refractivity contribution in [2.75, 3.05) is 11.9 Å². The van der Waals surface area contributed by atoms with Crippen molar-refractivity contribution in [2.45, 2.75) is 40.3 Å². The fraction of sp³-hybridized carbons (Fsp3) is 0.333. The fourth-order valence-electron chi connectivity index (χ4n) is 3.61. The van der Waals surface area contributed by atoms with Crippen molar-refractivity contribution in [3.05, 3.63) is 74.9 Å². The first-order chi connectivity index (χ1) is 14.8. The number of hydrogen-bond acceptors (Lipinski definition) is 4. The van der Waals surface area contributed by atoms with Gasteiger partial charge in [-0.25, -0.2) is 4.39 Å². The summed E-state index contributed by atoms with van der Waals surface area (Å²) in [6.45, 7) is 8.58. The minimum Gasteiger partial charge on any atom is -0.326 e. The summed E-state index contributed by atoms with van der Waals surface area (Å²) < 4.78 is 15.2. The van der Waals surface area contributed by atoms with Gasteiger partial charge >= 0.3 is 0 Å². The molecule has 0 aliphatic carbocycles. The molecule has 5 nitrogen and oxygen atoms in total. The number of amides is 1. The quantitative estimate of drug-likeness (QED) is 0.511. The molecule has 7 heteroatoms. The maximum atomic E-state index is 13.3. The molecule has 162 valence electrons. The Morgan fingerprint density at radius 3 is 2.52 bits per heavy atom. The zero-order chi connectivity index (χ0) is 22.5.